The summed E-state index contributed by atoms with van der Waals surface area (Å²) in [7, 11) is 0. The van der Waals surface area contributed by atoms with Gasteiger partial charge in [0.05, 0.1) is 6.10 Å². The standard InChI is InChI=1S/C15H20N2O4/c18-12-5-3-9-17(10-12)15(21)16-13-6-2-1-4-11(13)7-8-14(19)20/h1-2,4,6,12,18H,3,5,7-10H2,(H,16,21)(H,19,20). The normalized spacial score (nSPS) is 18.3. The maximum Gasteiger partial charge on any atom is 0.321 e. The van der Waals surface area contributed by atoms with Crippen LogP contribution in [0.25, 0.3) is 0 Å². The number of aliphatic hydroxyl groups excluding tert-OH is 1. The van der Waals surface area contributed by atoms with Crippen LogP contribution < -0.4 is 5.32 Å². The summed E-state index contributed by atoms with van der Waals surface area (Å²) in [6.07, 6.45) is 1.43. The van der Waals surface area contributed by atoms with Crippen LogP contribution in [0.15, 0.2) is 24.3 Å². The Labute approximate surface area is 123 Å². The summed E-state index contributed by atoms with van der Waals surface area (Å²) in [6, 6.07) is 6.93. The molecule has 2 amide bonds. The molecule has 3 N–H and O–H groups in total. The van der Waals surface area contributed by atoms with Crippen molar-refractivity contribution in [2.75, 3.05) is 18.4 Å². The van der Waals surface area contributed by atoms with Gasteiger partial charge in [-0.2, -0.15) is 0 Å². The van der Waals surface area contributed by atoms with Gasteiger partial charge in [-0.15, -0.1) is 0 Å². The number of carbonyl (C=O) groups is 2. The molecule has 1 aromatic rings. The summed E-state index contributed by atoms with van der Waals surface area (Å²) >= 11 is 0. The lowest BCUT2D eigenvalue weighted by molar-refractivity contribution is -0.136. The number of aliphatic carboxylic acids is 1. The van der Waals surface area contributed by atoms with Gasteiger partial charge in [0.2, 0.25) is 0 Å². The van der Waals surface area contributed by atoms with Crippen LogP contribution in [0, 0.1) is 0 Å². The van der Waals surface area contributed by atoms with Crippen LogP contribution in [-0.4, -0.2) is 46.3 Å². The fourth-order valence-corrected chi connectivity index (χ4v) is 2.44. The van der Waals surface area contributed by atoms with Gasteiger partial charge >= 0.3 is 12.0 Å². The van der Waals surface area contributed by atoms with E-state index in [-0.39, 0.29) is 12.5 Å². The molecule has 1 aromatic carbocycles. The lowest BCUT2D eigenvalue weighted by atomic mass is 10.1. The fraction of sp³-hybridized carbons (Fsp3) is 0.467. The zero-order chi connectivity index (χ0) is 15.2. The number of hydrogen-bond donors (Lipinski definition) is 3. The molecule has 1 saturated heterocycles. The molecule has 1 fully saturated rings. The number of nitrogens with zero attached hydrogens (tertiary/aromatic N) is 1. The van der Waals surface area contributed by atoms with Gasteiger partial charge in [-0.05, 0) is 30.9 Å². The SMILES string of the molecule is O=C(O)CCc1ccccc1NC(=O)N1CCCC(O)C1. The number of rotatable bonds is 4. The van der Waals surface area contributed by atoms with Crippen molar-refractivity contribution in [2.24, 2.45) is 0 Å². The maximum atomic E-state index is 12.2. The Bertz CT molecular complexity index is 518. The second kappa shape index (κ2) is 7.08. The highest BCUT2D eigenvalue weighted by Gasteiger charge is 2.22. The predicted molar refractivity (Wildman–Crippen MR) is 78.2 cm³/mol. The van der Waals surface area contributed by atoms with Gasteiger partial charge in [0.1, 0.15) is 0 Å². The summed E-state index contributed by atoms with van der Waals surface area (Å²) in [5.74, 6) is -0.865. The number of nitrogens with one attached hydrogen (secondary N) is 1. The van der Waals surface area contributed by atoms with Gasteiger partial charge in [-0.25, -0.2) is 4.79 Å². The van der Waals surface area contributed by atoms with E-state index in [0.29, 0.717) is 25.2 Å². The van der Waals surface area contributed by atoms with Crippen molar-refractivity contribution in [1.29, 1.82) is 0 Å². The zero-order valence-corrected chi connectivity index (χ0v) is 11.8. The molecule has 1 atom stereocenters. The third kappa shape index (κ3) is 4.46. The number of carboxylic acid groups (broad SMARTS) is 1. The Morgan fingerprint density at radius 1 is 1.33 bits per heavy atom. The van der Waals surface area contributed by atoms with Gasteiger partial charge in [0, 0.05) is 25.2 Å². The van der Waals surface area contributed by atoms with Crippen molar-refractivity contribution in [3.8, 4) is 0 Å². The molecule has 0 saturated carbocycles. The van der Waals surface area contributed by atoms with E-state index in [1.54, 1.807) is 17.0 Å². The summed E-state index contributed by atoms with van der Waals surface area (Å²) in [6.45, 7) is 0.962. The van der Waals surface area contributed by atoms with Crippen LogP contribution in [0.2, 0.25) is 0 Å². The van der Waals surface area contributed by atoms with E-state index >= 15 is 0 Å². The van der Waals surface area contributed by atoms with Crippen LogP contribution >= 0.6 is 0 Å². The molecule has 0 aromatic heterocycles. The first-order chi connectivity index (χ1) is 10.1. The summed E-state index contributed by atoms with van der Waals surface area (Å²) in [4.78, 5) is 24.4. The molecule has 0 spiro atoms. The first-order valence-corrected chi connectivity index (χ1v) is 7.10. The minimum atomic E-state index is -0.865. The molecule has 1 aliphatic rings. The van der Waals surface area contributed by atoms with Gasteiger partial charge in [0.25, 0.3) is 0 Å². The van der Waals surface area contributed by atoms with Crippen LogP contribution in [0.4, 0.5) is 10.5 Å². The third-order valence-electron chi connectivity index (χ3n) is 3.55. The number of benzene rings is 1. The molecule has 0 aliphatic carbocycles. The van der Waals surface area contributed by atoms with E-state index in [1.165, 1.54) is 0 Å². The molecule has 6 nitrogen and oxygen atoms in total. The molecular formula is C15H20N2O4. The van der Waals surface area contributed by atoms with Crippen LogP contribution in [0.3, 0.4) is 0 Å². The monoisotopic (exact) mass is 292 g/mol. The Morgan fingerprint density at radius 3 is 2.81 bits per heavy atom. The molecule has 1 unspecified atom stereocenters. The quantitative estimate of drug-likeness (QED) is 0.787. The van der Waals surface area contributed by atoms with E-state index in [4.69, 9.17) is 5.11 Å². The van der Waals surface area contributed by atoms with E-state index in [1.807, 2.05) is 12.1 Å². The van der Waals surface area contributed by atoms with Gasteiger partial charge in [-0.1, -0.05) is 18.2 Å². The van der Waals surface area contributed by atoms with Crippen LogP contribution in [-0.2, 0) is 11.2 Å². The second-order valence-electron chi connectivity index (χ2n) is 5.22. The number of carbonyl (C=O) groups excluding carboxylic acids is 1. The number of anilines is 1. The lowest BCUT2D eigenvalue weighted by Gasteiger charge is -2.30. The molecule has 6 heteroatoms. The summed E-state index contributed by atoms with van der Waals surface area (Å²) in [5.41, 5.74) is 1.43. The Hall–Kier alpha value is -2.08. The molecule has 2 rings (SSSR count). The van der Waals surface area contributed by atoms with Gasteiger partial charge in [0.15, 0.2) is 0 Å². The zero-order valence-electron chi connectivity index (χ0n) is 11.8. The smallest absolute Gasteiger partial charge is 0.321 e. The summed E-state index contributed by atoms with van der Waals surface area (Å²) in [5, 5.41) is 21.2. The molecule has 114 valence electrons. The molecule has 1 heterocycles. The minimum Gasteiger partial charge on any atom is -0.481 e. The number of aliphatic hydroxyl groups is 1. The van der Waals surface area contributed by atoms with Gasteiger partial charge in [-0.3, -0.25) is 4.79 Å². The number of amides is 2. The highest BCUT2D eigenvalue weighted by Crippen LogP contribution is 2.18. The number of urea groups is 1. The number of carboxylic acids is 1. The second-order valence-corrected chi connectivity index (χ2v) is 5.22. The first-order valence-electron chi connectivity index (χ1n) is 7.10. The number of piperidine rings is 1. The Morgan fingerprint density at radius 2 is 2.10 bits per heavy atom. The number of aryl methyl sites for hydroxylation is 1. The Kier molecular flexibility index (Phi) is 5.16. The number of β-amino-alcohol motifs (C(OH)–C–C–N with tert-alkyl or cyclic N) is 1. The predicted octanol–water partition coefficient (Wildman–Crippen LogP) is 1.69. The molecular weight excluding hydrogens is 272 g/mol. The number of likely N-dealkylation sites (tertiary alicyclic amines) is 1. The summed E-state index contributed by atoms with van der Waals surface area (Å²) < 4.78 is 0. The van der Waals surface area contributed by atoms with Crippen LogP contribution in [0.1, 0.15) is 24.8 Å². The van der Waals surface area contributed by atoms with Crippen molar-refractivity contribution in [1.82, 2.24) is 4.90 Å². The van der Waals surface area contributed by atoms with E-state index in [0.717, 1.165) is 18.4 Å². The minimum absolute atomic E-state index is 0.0231. The largest absolute Gasteiger partial charge is 0.481 e. The van der Waals surface area contributed by atoms with Crippen molar-refractivity contribution < 1.29 is 19.8 Å². The van der Waals surface area contributed by atoms with Crippen molar-refractivity contribution in [2.45, 2.75) is 31.8 Å². The maximum absolute atomic E-state index is 12.2. The highest BCUT2D eigenvalue weighted by atomic mass is 16.4. The lowest BCUT2D eigenvalue weighted by Crippen LogP contribution is -2.44. The van der Waals surface area contributed by atoms with Crippen molar-refractivity contribution in [3.05, 3.63) is 29.8 Å². The molecule has 0 radical (unpaired) electrons. The molecule has 0 bridgehead atoms. The van der Waals surface area contributed by atoms with Crippen LogP contribution in [0.5, 0.6) is 0 Å². The average Bonchev–Trinajstić information content (AvgIpc) is 2.46. The van der Waals surface area contributed by atoms with Crippen molar-refractivity contribution in [3.63, 3.8) is 0 Å². The topological polar surface area (TPSA) is 89.9 Å². The van der Waals surface area contributed by atoms with Gasteiger partial charge < -0.3 is 20.4 Å². The number of para-hydroxylation sites is 1. The number of hydrogen-bond acceptors (Lipinski definition) is 3. The van der Waals surface area contributed by atoms with E-state index in [9.17, 15) is 14.7 Å². The third-order valence-corrected chi connectivity index (χ3v) is 3.55. The fourth-order valence-electron chi connectivity index (χ4n) is 2.44. The molecule has 21 heavy (non-hydrogen) atoms. The highest BCUT2D eigenvalue weighted by molar-refractivity contribution is 5.90. The van der Waals surface area contributed by atoms with E-state index in [2.05, 4.69) is 5.32 Å². The van der Waals surface area contributed by atoms with Crippen molar-refractivity contribution >= 4 is 17.7 Å². The Balaban J connectivity index is 2.01. The molecule has 1 aliphatic heterocycles. The first kappa shape index (κ1) is 15.3. The van der Waals surface area contributed by atoms with E-state index < -0.39 is 12.1 Å². The average molecular weight is 292 g/mol.